The number of carbonyl (C=O) groups excluding carboxylic acids is 1. The van der Waals surface area contributed by atoms with Crippen molar-refractivity contribution >= 4 is 5.91 Å². The van der Waals surface area contributed by atoms with Crippen LogP contribution in [0.3, 0.4) is 0 Å². The van der Waals surface area contributed by atoms with Gasteiger partial charge >= 0.3 is 0 Å². The topological polar surface area (TPSA) is 94.7 Å². The zero-order valence-corrected chi connectivity index (χ0v) is 16.8. The van der Waals surface area contributed by atoms with Crippen molar-refractivity contribution in [2.45, 2.75) is 38.0 Å². The third-order valence-corrected chi connectivity index (χ3v) is 6.97. The molecule has 2 aliphatic rings. The maximum absolute atomic E-state index is 15.0. The number of aromatic nitrogens is 4. The van der Waals surface area contributed by atoms with Gasteiger partial charge in [0.25, 0.3) is 5.91 Å². The van der Waals surface area contributed by atoms with Gasteiger partial charge in [-0.15, -0.1) is 5.10 Å². The maximum atomic E-state index is 15.0. The number of carbonyl (C=O) groups is 1. The van der Waals surface area contributed by atoms with E-state index in [1.54, 1.807) is 6.07 Å². The van der Waals surface area contributed by atoms with Crippen molar-refractivity contribution in [2.24, 2.45) is 11.1 Å². The lowest BCUT2D eigenvalue weighted by atomic mass is 9.66. The summed E-state index contributed by atoms with van der Waals surface area (Å²) < 4.78 is 43.6. The van der Waals surface area contributed by atoms with Crippen LogP contribution < -0.4 is 5.73 Å². The molecule has 2 aliphatic carbocycles. The molecule has 0 unspecified atom stereocenters. The summed E-state index contributed by atoms with van der Waals surface area (Å²) in [4.78, 5) is 19.5. The third kappa shape index (κ3) is 2.43. The van der Waals surface area contributed by atoms with Crippen molar-refractivity contribution in [2.75, 3.05) is 0 Å². The quantitative estimate of drug-likeness (QED) is 0.691. The molecule has 31 heavy (non-hydrogen) atoms. The van der Waals surface area contributed by atoms with Gasteiger partial charge in [-0.05, 0) is 47.9 Å². The Kier molecular flexibility index (Phi) is 3.99. The summed E-state index contributed by atoms with van der Waals surface area (Å²) in [7, 11) is 0. The average molecular weight is 425 g/mol. The lowest BCUT2D eigenvalue weighted by Gasteiger charge is -2.37. The van der Waals surface area contributed by atoms with Gasteiger partial charge < -0.3 is 5.73 Å². The first kappa shape index (κ1) is 19.6. The third-order valence-electron chi connectivity index (χ3n) is 6.97. The van der Waals surface area contributed by atoms with Crippen LogP contribution in [0.4, 0.5) is 13.2 Å². The fourth-order valence-electron chi connectivity index (χ4n) is 5.50. The second-order valence-electron chi connectivity index (χ2n) is 8.60. The number of primary amides is 1. The normalized spacial score (nSPS) is 23.1. The predicted molar refractivity (Wildman–Crippen MR) is 104 cm³/mol. The zero-order chi connectivity index (χ0) is 22.1. The van der Waals surface area contributed by atoms with E-state index in [2.05, 4.69) is 20.2 Å². The minimum Gasteiger partial charge on any atom is -0.363 e. The van der Waals surface area contributed by atoms with Crippen LogP contribution in [0.25, 0.3) is 11.3 Å². The second-order valence-corrected chi connectivity index (χ2v) is 8.60. The summed E-state index contributed by atoms with van der Waals surface area (Å²) in [5.74, 6) is -3.34. The van der Waals surface area contributed by atoms with Crippen LogP contribution in [0.2, 0.25) is 0 Å². The molecule has 1 fully saturated rings. The summed E-state index contributed by atoms with van der Waals surface area (Å²) >= 11 is 0. The van der Waals surface area contributed by atoms with Gasteiger partial charge in [-0.3, -0.25) is 4.79 Å². The molecular weight excluding hydrogens is 407 g/mol. The van der Waals surface area contributed by atoms with E-state index >= 15 is 0 Å². The summed E-state index contributed by atoms with van der Waals surface area (Å²) in [6.07, 6.45) is 2.17. The molecule has 1 aromatic carbocycles. The number of nitrogens with zero attached hydrogens (tertiary/aromatic N) is 4. The SMILES string of the molecule is CC1(C)[C@H]2CC[C@]1(c1nc(C(N)=O)ncc1F)c1nnc(-c3c(F)cccc3F)cc12. The van der Waals surface area contributed by atoms with Crippen LogP contribution in [0, 0.1) is 22.9 Å². The number of hydrogen-bond acceptors (Lipinski definition) is 5. The molecular formula is C22H18F3N5O. The maximum Gasteiger partial charge on any atom is 0.286 e. The molecule has 0 aliphatic heterocycles. The number of rotatable bonds is 3. The molecule has 2 bridgehead atoms. The minimum atomic E-state index is -0.969. The van der Waals surface area contributed by atoms with Crippen LogP contribution in [-0.2, 0) is 5.41 Å². The molecule has 1 amide bonds. The highest BCUT2D eigenvalue weighted by Crippen LogP contribution is 2.69. The monoisotopic (exact) mass is 425 g/mol. The Bertz CT molecular complexity index is 1240. The Morgan fingerprint density at radius 3 is 2.48 bits per heavy atom. The van der Waals surface area contributed by atoms with Gasteiger partial charge in [0.2, 0.25) is 5.82 Å². The lowest BCUT2D eigenvalue weighted by molar-refractivity contribution is 0.0988. The number of halogens is 3. The minimum absolute atomic E-state index is 0.0432. The van der Waals surface area contributed by atoms with Gasteiger partial charge in [0.05, 0.1) is 34.3 Å². The molecule has 6 nitrogen and oxygen atoms in total. The van der Waals surface area contributed by atoms with E-state index in [1.807, 2.05) is 13.8 Å². The van der Waals surface area contributed by atoms with Gasteiger partial charge in [0.15, 0.2) is 5.82 Å². The van der Waals surface area contributed by atoms with E-state index in [9.17, 15) is 18.0 Å². The van der Waals surface area contributed by atoms with Gasteiger partial charge in [0, 0.05) is 0 Å². The van der Waals surface area contributed by atoms with Gasteiger partial charge in [0.1, 0.15) is 11.6 Å². The molecule has 2 N–H and O–H groups in total. The van der Waals surface area contributed by atoms with Gasteiger partial charge in [-0.1, -0.05) is 19.9 Å². The molecule has 0 spiro atoms. The molecule has 0 saturated heterocycles. The fourth-order valence-corrected chi connectivity index (χ4v) is 5.50. The number of hydrogen-bond donors (Lipinski definition) is 1. The molecule has 0 radical (unpaired) electrons. The van der Waals surface area contributed by atoms with Crippen LogP contribution in [0.1, 0.15) is 60.2 Å². The Labute approximate surface area is 175 Å². The highest BCUT2D eigenvalue weighted by atomic mass is 19.1. The van der Waals surface area contributed by atoms with E-state index in [-0.39, 0.29) is 28.7 Å². The highest BCUT2D eigenvalue weighted by Gasteiger charge is 2.66. The largest absolute Gasteiger partial charge is 0.363 e. The van der Waals surface area contributed by atoms with Crippen LogP contribution >= 0.6 is 0 Å². The van der Waals surface area contributed by atoms with Crippen LogP contribution in [0.5, 0.6) is 0 Å². The van der Waals surface area contributed by atoms with Crippen molar-refractivity contribution in [3.8, 4) is 11.3 Å². The van der Waals surface area contributed by atoms with Crippen molar-refractivity contribution in [3.05, 3.63) is 70.7 Å². The number of nitrogens with two attached hydrogens (primary N) is 1. The Morgan fingerprint density at radius 1 is 1.10 bits per heavy atom. The van der Waals surface area contributed by atoms with E-state index < -0.39 is 34.2 Å². The van der Waals surface area contributed by atoms with Gasteiger partial charge in [-0.25, -0.2) is 23.1 Å². The molecule has 5 rings (SSSR count). The summed E-state index contributed by atoms with van der Waals surface area (Å²) in [5, 5.41) is 8.43. The van der Waals surface area contributed by atoms with E-state index in [0.717, 1.165) is 23.9 Å². The zero-order valence-electron chi connectivity index (χ0n) is 16.8. The summed E-state index contributed by atoms with van der Waals surface area (Å²) in [5.41, 5.74) is 4.93. The molecule has 9 heteroatoms. The smallest absolute Gasteiger partial charge is 0.286 e. The highest BCUT2D eigenvalue weighted by molar-refractivity contribution is 5.88. The predicted octanol–water partition coefficient (Wildman–Crippen LogP) is 3.65. The first-order valence-electron chi connectivity index (χ1n) is 9.84. The molecule has 158 valence electrons. The second kappa shape index (κ2) is 6.32. The number of benzene rings is 1. The van der Waals surface area contributed by atoms with Crippen molar-refractivity contribution in [1.82, 2.24) is 20.2 Å². The van der Waals surface area contributed by atoms with E-state index in [0.29, 0.717) is 18.5 Å². The average Bonchev–Trinajstić information content (AvgIpc) is 3.09. The first-order valence-corrected chi connectivity index (χ1v) is 9.84. The standard InChI is InChI=1S/C22H18F3N5O/c1-21(2)11-6-7-22(21,18-14(25)9-27-20(28-18)19(26)31)17-10(11)8-15(29-30-17)16-12(23)4-3-5-13(16)24/h3-5,8-9,11H,6-7H2,1-2H3,(H2,26,31)/t11-,22+/m0/s1. The van der Waals surface area contributed by atoms with E-state index in [1.165, 1.54) is 6.07 Å². The van der Waals surface area contributed by atoms with Crippen LogP contribution in [0.15, 0.2) is 30.5 Å². The molecule has 3 aromatic rings. The Hall–Kier alpha value is -3.36. The summed E-state index contributed by atoms with van der Waals surface area (Å²) in [6, 6.07) is 5.23. The van der Waals surface area contributed by atoms with Crippen molar-refractivity contribution in [1.29, 1.82) is 0 Å². The Balaban J connectivity index is 1.75. The van der Waals surface area contributed by atoms with Gasteiger partial charge in [-0.2, -0.15) is 5.10 Å². The number of amides is 1. The van der Waals surface area contributed by atoms with Crippen molar-refractivity contribution in [3.63, 3.8) is 0 Å². The van der Waals surface area contributed by atoms with Crippen molar-refractivity contribution < 1.29 is 18.0 Å². The summed E-state index contributed by atoms with van der Waals surface area (Å²) in [6.45, 7) is 3.95. The number of fused-ring (bicyclic) bond motifs is 5. The van der Waals surface area contributed by atoms with Crippen LogP contribution in [-0.4, -0.2) is 26.1 Å². The molecule has 2 aromatic heterocycles. The Morgan fingerprint density at radius 2 is 1.81 bits per heavy atom. The fraction of sp³-hybridized carbons (Fsp3) is 0.318. The molecule has 2 atom stereocenters. The lowest BCUT2D eigenvalue weighted by Crippen LogP contribution is -2.39. The molecule has 1 saturated carbocycles. The van der Waals surface area contributed by atoms with E-state index in [4.69, 9.17) is 5.73 Å². The first-order chi connectivity index (χ1) is 14.7. The molecule has 2 heterocycles.